The van der Waals surface area contributed by atoms with E-state index in [2.05, 4.69) is 4.98 Å². The number of benzene rings is 3. The molecule has 0 amide bonds. The smallest absolute Gasteiger partial charge is 0.226 e. The number of alkyl halides is 3. The maximum absolute atomic E-state index is 13.6. The second-order valence-corrected chi connectivity index (χ2v) is 10.4. The van der Waals surface area contributed by atoms with Crippen molar-refractivity contribution in [3.8, 4) is 40.0 Å². The monoisotopic (exact) mass is 530 g/mol. The van der Waals surface area contributed by atoms with Crippen molar-refractivity contribution in [1.82, 2.24) is 13.3 Å². The largest absolute Gasteiger partial charge is 0.416 e. The molecule has 36 heavy (non-hydrogen) atoms. The maximum Gasteiger partial charge on any atom is 0.416 e. The standard InChI is InChI=1S/C25H18ClF3N4O2S/c1-32(2)36(34,35)33-23(18-7-11-20(12-8-18)25(27,28)29)22(17-9-13-21(26)14-10-17)31-24(33)19-5-3-16(15-30)4-6-19/h3-14H,1-2H3. The Morgan fingerprint density at radius 3 is 1.92 bits per heavy atom. The van der Waals surface area contributed by atoms with E-state index in [0.29, 0.717) is 21.7 Å². The number of imidazole rings is 1. The van der Waals surface area contributed by atoms with Gasteiger partial charge in [0.05, 0.1) is 28.6 Å². The van der Waals surface area contributed by atoms with Crippen molar-refractivity contribution in [1.29, 1.82) is 5.26 Å². The zero-order valence-corrected chi connectivity index (χ0v) is 20.5. The predicted molar refractivity (Wildman–Crippen MR) is 131 cm³/mol. The van der Waals surface area contributed by atoms with Gasteiger partial charge in [-0.3, -0.25) is 0 Å². The first kappa shape index (κ1) is 25.4. The third-order valence-electron chi connectivity index (χ3n) is 5.41. The van der Waals surface area contributed by atoms with E-state index in [-0.39, 0.29) is 22.8 Å². The van der Waals surface area contributed by atoms with E-state index < -0.39 is 21.9 Å². The second-order valence-electron chi connectivity index (χ2n) is 7.96. The quantitative estimate of drug-likeness (QED) is 0.313. The molecule has 3 aromatic carbocycles. The van der Waals surface area contributed by atoms with Crippen molar-refractivity contribution in [3.05, 3.63) is 88.9 Å². The highest BCUT2D eigenvalue weighted by atomic mass is 35.5. The molecule has 0 aliphatic heterocycles. The Balaban J connectivity index is 2.10. The number of nitriles is 1. The average molecular weight is 531 g/mol. The van der Waals surface area contributed by atoms with Crippen LogP contribution in [0.2, 0.25) is 5.02 Å². The van der Waals surface area contributed by atoms with Crippen molar-refractivity contribution in [2.24, 2.45) is 0 Å². The minimum absolute atomic E-state index is 0.0352. The second kappa shape index (κ2) is 9.43. The highest BCUT2D eigenvalue weighted by Gasteiger charge is 2.33. The lowest BCUT2D eigenvalue weighted by molar-refractivity contribution is -0.137. The summed E-state index contributed by atoms with van der Waals surface area (Å²) in [5.41, 5.74) is 0.937. The SMILES string of the molecule is CN(C)S(=O)(=O)n1c(-c2ccc(C#N)cc2)nc(-c2ccc(Cl)cc2)c1-c1ccc(C(F)(F)F)cc1. The topological polar surface area (TPSA) is 79.0 Å². The van der Waals surface area contributed by atoms with Gasteiger partial charge in [-0.25, -0.2) is 8.96 Å². The van der Waals surface area contributed by atoms with E-state index in [1.165, 1.54) is 38.4 Å². The van der Waals surface area contributed by atoms with Gasteiger partial charge in [0.1, 0.15) is 0 Å². The first-order valence-corrected chi connectivity index (χ1v) is 12.2. The van der Waals surface area contributed by atoms with Gasteiger partial charge in [-0.2, -0.15) is 31.2 Å². The van der Waals surface area contributed by atoms with E-state index in [0.717, 1.165) is 20.4 Å². The molecular formula is C25H18ClF3N4O2S. The summed E-state index contributed by atoms with van der Waals surface area (Å²) in [5.74, 6) is 0.0352. The van der Waals surface area contributed by atoms with Crippen LogP contribution < -0.4 is 0 Å². The summed E-state index contributed by atoms with van der Waals surface area (Å²) in [6.07, 6.45) is -4.55. The lowest BCUT2D eigenvalue weighted by atomic mass is 10.0. The number of halogens is 4. The first-order valence-electron chi connectivity index (χ1n) is 10.4. The summed E-state index contributed by atoms with van der Waals surface area (Å²) < 4.78 is 68.7. The molecule has 0 saturated carbocycles. The van der Waals surface area contributed by atoms with Gasteiger partial charge in [0, 0.05) is 35.8 Å². The molecule has 0 spiro atoms. The van der Waals surface area contributed by atoms with Gasteiger partial charge in [0.15, 0.2) is 5.82 Å². The molecule has 0 aliphatic carbocycles. The van der Waals surface area contributed by atoms with Gasteiger partial charge in [-0.15, -0.1) is 0 Å². The van der Waals surface area contributed by atoms with Gasteiger partial charge >= 0.3 is 16.4 Å². The summed E-state index contributed by atoms with van der Waals surface area (Å²) in [5, 5.41) is 9.59. The lowest BCUT2D eigenvalue weighted by Crippen LogP contribution is -2.30. The molecule has 0 N–H and O–H groups in total. The van der Waals surface area contributed by atoms with Crippen LogP contribution in [0.15, 0.2) is 72.8 Å². The normalized spacial score (nSPS) is 12.1. The molecule has 0 atom stereocenters. The molecule has 0 bridgehead atoms. The zero-order chi connectivity index (χ0) is 26.3. The van der Waals surface area contributed by atoms with Crippen LogP contribution in [0.25, 0.3) is 33.9 Å². The van der Waals surface area contributed by atoms with E-state index in [4.69, 9.17) is 16.9 Å². The van der Waals surface area contributed by atoms with Crippen LogP contribution in [0, 0.1) is 11.3 Å². The molecule has 4 aromatic rings. The summed E-state index contributed by atoms with van der Waals surface area (Å²) in [6, 6.07) is 18.9. The van der Waals surface area contributed by atoms with Crippen molar-refractivity contribution in [2.75, 3.05) is 14.1 Å². The highest BCUT2D eigenvalue weighted by molar-refractivity contribution is 7.87. The van der Waals surface area contributed by atoms with Gasteiger partial charge < -0.3 is 0 Å². The van der Waals surface area contributed by atoms with Gasteiger partial charge in [0.2, 0.25) is 0 Å². The van der Waals surface area contributed by atoms with Crippen molar-refractivity contribution in [3.63, 3.8) is 0 Å². The molecule has 184 valence electrons. The van der Waals surface area contributed by atoms with E-state index >= 15 is 0 Å². The molecule has 0 aliphatic rings. The van der Waals surface area contributed by atoms with Crippen molar-refractivity contribution >= 4 is 21.8 Å². The number of hydrogen-bond acceptors (Lipinski definition) is 4. The highest BCUT2D eigenvalue weighted by Crippen LogP contribution is 2.39. The average Bonchev–Trinajstić information content (AvgIpc) is 3.25. The summed E-state index contributed by atoms with van der Waals surface area (Å²) in [4.78, 5) is 4.64. The van der Waals surface area contributed by atoms with Crippen molar-refractivity contribution < 1.29 is 21.6 Å². The fourth-order valence-electron chi connectivity index (χ4n) is 3.55. The van der Waals surface area contributed by atoms with E-state index in [1.54, 1.807) is 36.4 Å². The summed E-state index contributed by atoms with van der Waals surface area (Å²) in [7, 11) is -1.52. The zero-order valence-electron chi connectivity index (χ0n) is 19.0. The predicted octanol–water partition coefficient (Wildman–Crippen LogP) is 6.08. The molecule has 0 fully saturated rings. The molecule has 0 unspecified atom stereocenters. The minimum atomic E-state index is -4.55. The molecule has 6 nitrogen and oxygen atoms in total. The van der Waals surface area contributed by atoms with Crippen LogP contribution in [-0.4, -0.2) is 35.8 Å². The summed E-state index contributed by atoms with van der Waals surface area (Å²) in [6.45, 7) is 0. The van der Waals surface area contributed by atoms with Crippen LogP contribution >= 0.6 is 11.6 Å². The Bertz CT molecular complexity index is 1550. The number of nitrogens with zero attached hydrogens (tertiary/aromatic N) is 4. The molecule has 0 radical (unpaired) electrons. The fourth-order valence-corrected chi connectivity index (χ4v) is 4.79. The third-order valence-corrected chi connectivity index (χ3v) is 7.40. The van der Waals surface area contributed by atoms with Crippen LogP contribution in [0.3, 0.4) is 0 Å². The number of aromatic nitrogens is 2. The fraction of sp³-hybridized carbons (Fsp3) is 0.120. The maximum atomic E-state index is 13.6. The molecule has 11 heteroatoms. The lowest BCUT2D eigenvalue weighted by Gasteiger charge is -2.18. The summed E-state index contributed by atoms with van der Waals surface area (Å²) >= 11 is 6.03. The van der Waals surface area contributed by atoms with E-state index in [9.17, 15) is 21.6 Å². The number of hydrogen-bond donors (Lipinski definition) is 0. The third kappa shape index (κ3) is 4.73. The van der Waals surface area contributed by atoms with Crippen LogP contribution in [-0.2, 0) is 16.4 Å². The molecule has 1 aromatic heterocycles. The number of rotatable bonds is 5. The Labute approximate surface area is 211 Å². The van der Waals surface area contributed by atoms with Crippen molar-refractivity contribution in [2.45, 2.75) is 6.18 Å². The minimum Gasteiger partial charge on any atom is -0.226 e. The molecule has 0 saturated heterocycles. The Hall–Kier alpha value is -3.65. The van der Waals surface area contributed by atoms with Crippen LogP contribution in [0.5, 0.6) is 0 Å². The Morgan fingerprint density at radius 1 is 0.889 bits per heavy atom. The molecule has 1 heterocycles. The van der Waals surface area contributed by atoms with Crippen LogP contribution in [0.1, 0.15) is 11.1 Å². The Morgan fingerprint density at radius 2 is 1.42 bits per heavy atom. The Kier molecular flexibility index (Phi) is 6.66. The molecular weight excluding hydrogens is 513 g/mol. The first-order chi connectivity index (χ1) is 16.9. The van der Waals surface area contributed by atoms with Crippen LogP contribution in [0.4, 0.5) is 13.2 Å². The van der Waals surface area contributed by atoms with Gasteiger partial charge in [0.25, 0.3) is 0 Å². The van der Waals surface area contributed by atoms with Gasteiger partial charge in [-0.05, 0) is 48.5 Å². The van der Waals surface area contributed by atoms with E-state index in [1.807, 2.05) is 6.07 Å². The van der Waals surface area contributed by atoms with Gasteiger partial charge in [-0.1, -0.05) is 35.9 Å². The molecule has 4 rings (SSSR count).